The van der Waals surface area contributed by atoms with E-state index in [2.05, 4.69) is 58.3 Å². The molecule has 0 bridgehead atoms. The lowest BCUT2D eigenvalue weighted by atomic mass is 10.0. The Morgan fingerprint density at radius 3 is 1.38 bits per heavy atom. The highest BCUT2D eigenvalue weighted by Crippen LogP contribution is 2.27. The fourth-order valence-corrected chi connectivity index (χ4v) is 2.83. The number of hydrogen-bond acceptors (Lipinski definition) is 4. The van der Waals surface area contributed by atoms with Gasteiger partial charge in [-0.2, -0.15) is 0 Å². The number of aliphatic hydroxyl groups excluding tert-OH is 1. The Labute approximate surface area is 155 Å². The molecule has 1 N–H and O–H groups in total. The fourth-order valence-electron chi connectivity index (χ4n) is 2.83. The van der Waals surface area contributed by atoms with Crippen LogP contribution in [0.3, 0.4) is 0 Å². The van der Waals surface area contributed by atoms with E-state index in [1.165, 1.54) is 0 Å². The second-order valence-corrected chi connectivity index (χ2v) is 6.79. The molecular formula is C22H25N3O. The molecule has 0 amide bonds. The predicted molar refractivity (Wildman–Crippen MR) is 110 cm³/mol. The number of benzene rings is 2. The Morgan fingerprint density at radius 2 is 1.08 bits per heavy atom. The molecule has 0 saturated carbocycles. The smallest absolute Gasteiger partial charge is 0.0713 e. The van der Waals surface area contributed by atoms with Crippen molar-refractivity contribution in [3.8, 4) is 22.5 Å². The Bertz CT molecular complexity index is 799. The molecule has 0 unspecified atom stereocenters. The molecule has 26 heavy (non-hydrogen) atoms. The van der Waals surface area contributed by atoms with E-state index in [1.807, 2.05) is 40.3 Å². The highest BCUT2D eigenvalue weighted by atomic mass is 16.3. The van der Waals surface area contributed by atoms with Gasteiger partial charge in [-0.3, -0.25) is 0 Å². The van der Waals surface area contributed by atoms with Crippen molar-refractivity contribution < 1.29 is 5.11 Å². The van der Waals surface area contributed by atoms with Crippen LogP contribution < -0.4 is 9.80 Å². The fraction of sp³-hybridized carbons (Fsp3) is 0.227. The molecule has 0 aliphatic rings. The third-order valence-corrected chi connectivity index (χ3v) is 4.43. The average molecular weight is 347 g/mol. The second kappa shape index (κ2) is 7.58. The summed E-state index contributed by atoms with van der Waals surface area (Å²) in [5.74, 6) is 0. The third kappa shape index (κ3) is 3.86. The summed E-state index contributed by atoms with van der Waals surface area (Å²) in [4.78, 5) is 8.97. The van der Waals surface area contributed by atoms with Crippen molar-refractivity contribution in [3.05, 3.63) is 66.2 Å². The van der Waals surface area contributed by atoms with Crippen LogP contribution in [0.2, 0.25) is 0 Å². The van der Waals surface area contributed by atoms with Gasteiger partial charge in [0.25, 0.3) is 0 Å². The largest absolute Gasteiger partial charge is 0.392 e. The van der Waals surface area contributed by atoms with Gasteiger partial charge in [0.05, 0.1) is 18.0 Å². The van der Waals surface area contributed by atoms with Crippen molar-refractivity contribution in [2.75, 3.05) is 38.0 Å². The number of pyridine rings is 1. The van der Waals surface area contributed by atoms with Gasteiger partial charge in [0, 0.05) is 50.7 Å². The lowest BCUT2D eigenvalue weighted by molar-refractivity contribution is 0.282. The van der Waals surface area contributed by atoms with Gasteiger partial charge < -0.3 is 14.9 Å². The van der Waals surface area contributed by atoms with E-state index in [1.54, 1.807) is 0 Å². The van der Waals surface area contributed by atoms with Crippen LogP contribution in [0.1, 0.15) is 5.56 Å². The molecule has 3 aromatic rings. The van der Waals surface area contributed by atoms with Gasteiger partial charge in [0.2, 0.25) is 0 Å². The van der Waals surface area contributed by atoms with E-state index in [0.717, 1.165) is 39.5 Å². The lowest BCUT2D eigenvalue weighted by Gasteiger charge is -2.14. The van der Waals surface area contributed by atoms with Gasteiger partial charge in [-0.05, 0) is 42.0 Å². The van der Waals surface area contributed by atoms with Crippen molar-refractivity contribution >= 4 is 11.4 Å². The maximum Gasteiger partial charge on any atom is 0.0713 e. The molecule has 134 valence electrons. The highest BCUT2D eigenvalue weighted by molar-refractivity contribution is 5.70. The minimum absolute atomic E-state index is 0.00587. The third-order valence-electron chi connectivity index (χ3n) is 4.43. The number of nitrogens with zero attached hydrogens (tertiary/aromatic N) is 3. The molecule has 4 heteroatoms. The predicted octanol–water partition coefficient (Wildman–Crippen LogP) is 4.04. The highest BCUT2D eigenvalue weighted by Gasteiger charge is 2.08. The average Bonchev–Trinajstić information content (AvgIpc) is 2.67. The molecule has 0 spiro atoms. The zero-order valence-electron chi connectivity index (χ0n) is 15.8. The van der Waals surface area contributed by atoms with Gasteiger partial charge in [-0.15, -0.1) is 0 Å². The topological polar surface area (TPSA) is 39.6 Å². The van der Waals surface area contributed by atoms with E-state index >= 15 is 0 Å². The second-order valence-electron chi connectivity index (χ2n) is 6.79. The van der Waals surface area contributed by atoms with Crippen LogP contribution in [0.5, 0.6) is 0 Å². The molecule has 0 aliphatic heterocycles. The van der Waals surface area contributed by atoms with Crippen molar-refractivity contribution in [1.29, 1.82) is 0 Å². The van der Waals surface area contributed by atoms with Gasteiger partial charge in [-0.25, -0.2) is 4.98 Å². The first kappa shape index (κ1) is 18.0. The van der Waals surface area contributed by atoms with Crippen LogP contribution in [0.15, 0.2) is 60.7 Å². The summed E-state index contributed by atoms with van der Waals surface area (Å²) in [5, 5.41) is 9.67. The van der Waals surface area contributed by atoms with E-state index in [4.69, 9.17) is 4.98 Å². The molecule has 0 fully saturated rings. The molecule has 0 saturated heterocycles. The molecule has 0 atom stereocenters. The normalized spacial score (nSPS) is 10.7. The minimum Gasteiger partial charge on any atom is -0.392 e. The number of aliphatic hydroxyl groups is 1. The first-order valence-electron chi connectivity index (χ1n) is 8.65. The number of hydrogen-bond donors (Lipinski definition) is 1. The van der Waals surface area contributed by atoms with E-state index < -0.39 is 0 Å². The van der Waals surface area contributed by atoms with Gasteiger partial charge >= 0.3 is 0 Å². The van der Waals surface area contributed by atoms with Crippen molar-refractivity contribution in [3.63, 3.8) is 0 Å². The van der Waals surface area contributed by atoms with Crippen molar-refractivity contribution in [2.24, 2.45) is 0 Å². The lowest BCUT2D eigenvalue weighted by Crippen LogP contribution is -2.08. The molecule has 4 nitrogen and oxygen atoms in total. The number of rotatable bonds is 5. The van der Waals surface area contributed by atoms with Gasteiger partial charge in [-0.1, -0.05) is 24.3 Å². The van der Waals surface area contributed by atoms with Crippen LogP contribution >= 0.6 is 0 Å². The maximum atomic E-state index is 9.67. The van der Waals surface area contributed by atoms with E-state index in [9.17, 15) is 5.11 Å². The Morgan fingerprint density at radius 1 is 0.692 bits per heavy atom. The monoisotopic (exact) mass is 347 g/mol. The Kier molecular flexibility index (Phi) is 5.24. The molecule has 0 aliphatic carbocycles. The summed E-state index contributed by atoms with van der Waals surface area (Å²) >= 11 is 0. The first-order valence-corrected chi connectivity index (χ1v) is 8.65. The quantitative estimate of drug-likeness (QED) is 0.756. The van der Waals surface area contributed by atoms with Crippen LogP contribution in [0, 0.1) is 0 Å². The molecular weight excluding hydrogens is 322 g/mol. The maximum absolute atomic E-state index is 9.67. The first-order chi connectivity index (χ1) is 12.5. The molecule has 3 rings (SSSR count). The number of anilines is 2. The van der Waals surface area contributed by atoms with E-state index in [-0.39, 0.29) is 6.61 Å². The van der Waals surface area contributed by atoms with Crippen molar-refractivity contribution in [1.82, 2.24) is 4.98 Å². The molecule has 1 heterocycles. The molecule has 1 aromatic heterocycles. The van der Waals surface area contributed by atoms with Crippen LogP contribution in [0.4, 0.5) is 11.4 Å². The van der Waals surface area contributed by atoms with Crippen LogP contribution in [0.25, 0.3) is 22.5 Å². The zero-order valence-corrected chi connectivity index (χ0v) is 15.8. The summed E-state index contributed by atoms with van der Waals surface area (Å²) in [6.45, 7) is -0.00587. The number of aromatic nitrogens is 1. The molecule has 0 radical (unpaired) electrons. The van der Waals surface area contributed by atoms with Crippen LogP contribution in [-0.2, 0) is 6.61 Å². The summed E-state index contributed by atoms with van der Waals surface area (Å²) in [5.41, 5.74) is 6.97. The van der Waals surface area contributed by atoms with Gasteiger partial charge in [0.1, 0.15) is 0 Å². The summed E-state index contributed by atoms with van der Waals surface area (Å²) < 4.78 is 0. The summed E-state index contributed by atoms with van der Waals surface area (Å²) in [6.07, 6.45) is 0. The zero-order chi connectivity index (χ0) is 18.7. The van der Waals surface area contributed by atoms with Crippen molar-refractivity contribution in [2.45, 2.75) is 6.61 Å². The minimum atomic E-state index is -0.00587. The SMILES string of the molecule is CN(C)c1ccc(-c2cc(CO)cc(-c3ccc(N(C)C)cc3)n2)cc1. The summed E-state index contributed by atoms with van der Waals surface area (Å²) in [7, 11) is 8.09. The summed E-state index contributed by atoms with van der Waals surface area (Å²) in [6, 6.07) is 20.5. The Balaban J connectivity index is 2.01. The van der Waals surface area contributed by atoms with E-state index in [0.29, 0.717) is 0 Å². The standard InChI is InChI=1S/C22H25N3O/c1-24(2)19-9-5-17(6-10-19)21-13-16(15-26)14-22(23-21)18-7-11-20(12-8-18)25(3)4/h5-14,26H,15H2,1-4H3. The Hall–Kier alpha value is -2.85. The molecule has 2 aromatic carbocycles. The van der Waals surface area contributed by atoms with Gasteiger partial charge in [0.15, 0.2) is 0 Å². The van der Waals surface area contributed by atoms with Crippen LogP contribution in [-0.4, -0.2) is 38.3 Å².